The SMILES string of the molecule is CC(Cc1c[nH]c2ccccc12)NC(=O)CC(N)c1ccc(C(=O)Nc2ccncc2)cc1. The fourth-order valence-corrected chi connectivity index (χ4v) is 3.85. The predicted molar refractivity (Wildman–Crippen MR) is 130 cm³/mol. The van der Waals surface area contributed by atoms with Gasteiger partial charge in [0.15, 0.2) is 0 Å². The van der Waals surface area contributed by atoms with Gasteiger partial charge in [-0.15, -0.1) is 0 Å². The Bertz CT molecular complexity index is 1230. The van der Waals surface area contributed by atoms with E-state index in [0.29, 0.717) is 11.3 Å². The van der Waals surface area contributed by atoms with Crippen LogP contribution in [0.4, 0.5) is 5.69 Å². The highest BCUT2D eigenvalue weighted by molar-refractivity contribution is 6.04. The standard InChI is InChI=1S/C26H27N5O2/c1-17(14-20-16-29-24-5-3-2-4-22(20)24)30-25(32)15-23(27)18-6-8-19(9-7-18)26(33)31-21-10-12-28-13-11-21/h2-13,16-17,23,29H,14-15,27H2,1H3,(H,30,32)(H,28,31,33). The number of amides is 2. The van der Waals surface area contributed by atoms with Gasteiger partial charge >= 0.3 is 0 Å². The summed E-state index contributed by atoms with van der Waals surface area (Å²) < 4.78 is 0. The van der Waals surface area contributed by atoms with Crippen LogP contribution in [-0.2, 0) is 11.2 Å². The number of para-hydroxylation sites is 1. The van der Waals surface area contributed by atoms with Crippen molar-refractivity contribution < 1.29 is 9.59 Å². The molecule has 0 fully saturated rings. The van der Waals surface area contributed by atoms with Crippen molar-refractivity contribution in [2.75, 3.05) is 5.32 Å². The molecule has 2 atom stereocenters. The lowest BCUT2D eigenvalue weighted by Crippen LogP contribution is -2.35. The number of benzene rings is 2. The van der Waals surface area contributed by atoms with Crippen LogP contribution >= 0.6 is 0 Å². The first-order valence-corrected chi connectivity index (χ1v) is 10.9. The van der Waals surface area contributed by atoms with Gasteiger partial charge in [0.05, 0.1) is 0 Å². The summed E-state index contributed by atoms with van der Waals surface area (Å²) in [6, 6.07) is 18.1. The minimum absolute atomic E-state index is 0.0248. The van der Waals surface area contributed by atoms with Crippen LogP contribution < -0.4 is 16.4 Å². The number of aromatic nitrogens is 2. The number of nitrogens with zero attached hydrogens (tertiary/aromatic N) is 1. The summed E-state index contributed by atoms with van der Waals surface area (Å²) in [6.07, 6.45) is 6.12. The molecule has 2 aromatic carbocycles. The molecule has 0 spiro atoms. The van der Waals surface area contributed by atoms with Gasteiger partial charge in [0.25, 0.3) is 5.91 Å². The zero-order valence-electron chi connectivity index (χ0n) is 18.4. The maximum absolute atomic E-state index is 12.5. The number of hydrogen-bond acceptors (Lipinski definition) is 4. The number of hydrogen-bond donors (Lipinski definition) is 4. The number of carbonyl (C=O) groups is 2. The van der Waals surface area contributed by atoms with Crippen LogP contribution in [0.3, 0.4) is 0 Å². The van der Waals surface area contributed by atoms with Crippen LogP contribution in [0.15, 0.2) is 79.3 Å². The van der Waals surface area contributed by atoms with Crippen LogP contribution in [0.1, 0.15) is 40.9 Å². The van der Waals surface area contributed by atoms with Gasteiger partial charge in [-0.05, 0) is 54.8 Å². The third-order valence-electron chi connectivity index (χ3n) is 5.55. The van der Waals surface area contributed by atoms with Gasteiger partial charge in [-0.3, -0.25) is 14.6 Å². The van der Waals surface area contributed by atoms with Gasteiger partial charge < -0.3 is 21.4 Å². The molecule has 0 aliphatic heterocycles. The molecular weight excluding hydrogens is 414 g/mol. The molecule has 2 unspecified atom stereocenters. The Morgan fingerprint density at radius 1 is 1.03 bits per heavy atom. The second kappa shape index (κ2) is 10.1. The van der Waals surface area contributed by atoms with Crippen molar-refractivity contribution in [2.45, 2.75) is 31.8 Å². The number of nitrogens with two attached hydrogens (primary N) is 1. The van der Waals surface area contributed by atoms with E-state index >= 15 is 0 Å². The summed E-state index contributed by atoms with van der Waals surface area (Å²) in [4.78, 5) is 32.1. The highest BCUT2D eigenvalue weighted by Crippen LogP contribution is 2.20. The Labute approximate surface area is 192 Å². The molecule has 2 amide bonds. The second-order valence-electron chi connectivity index (χ2n) is 8.15. The topological polar surface area (TPSA) is 113 Å². The highest BCUT2D eigenvalue weighted by atomic mass is 16.2. The molecule has 2 heterocycles. The van der Waals surface area contributed by atoms with Gasteiger partial charge in [0.1, 0.15) is 0 Å². The molecule has 0 aliphatic carbocycles. The molecule has 4 aromatic rings. The molecule has 0 saturated carbocycles. The highest BCUT2D eigenvalue weighted by Gasteiger charge is 2.16. The fourth-order valence-electron chi connectivity index (χ4n) is 3.85. The van der Waals surface area contributed by atoms with E-state index in [9.17, 15) is 9.59 Å². The van der Waals surface area contributed by atoms with Crippen LogP contribution in [0.2, 0.25) is 0 Å². The van der Waals surface area contributed by atoms with Crippen molar-refractivity contribution in [3.8, 4) is 0 Å². The van der Waals surface area contributed by atoms with Crippen LogP contribution in [-0.4, -0.2) is 27.8 Å². The number of rotatable bonds is 8. The summed E-state index contributed by atoms with van der Waals surface area (Å²) >= 11 is 0. The van der Waals surface area contributed by atoms with E-state index in [1.54, 1.807) is 48.8 Å². The number of carbonyl (C=O) groups excluding carboxylic acids is 2. The first kappa shape index (κ1) is 22.2. The summed E-state index contributed by atoms with van der Waals surface area (Å²) in [7, 11) is 0. The molecule has 0 aliphatic rings. The molecule has 2 aromatic heterocycles. The Hall–Kier alpha value is -3.97. The summed E-state index contributed by atoms with van der Waals surface area (Å²) in [5.41, 5.74) is 10.5. The van der Waals surface area contributed by atoms with E-state index in [0.717, 1.165) is 17.5 Å². The largest absolute Gasteiger partial charge is 0.361 e. The number of nitrogens with one attached hydrogen (secondary N) is 3. The minimum Gasteiger partial charge on any atom is -0.361 e. The van der Waals surface area contributed by atoms with E-state index in [4.69, 9.17) is 5.73 Å². The van der Waals surface area contributed by atoms with Crippen molar-refractivity contribution >= 4 is 28.4 Å². The minimum atomic E-state index is -0.456. The van der Waals surface area contributed by atoms with E-state index in [1.807, 2.05) is 31.3 Å². The number of H-pyrrole nitrogens is 1. The molecule has 5 N–H and O–H groups in total. The molecule has 33 heavy (non-hydrogen) atoms. The maximum atomic E-state index is 12.5. The van der Waals surface area contributed by atoms with Crippen LogP contribution in [0, 0.1) is 0 Å². The second-order valence-corrected chi connectivity index (χ2v) is 8.15. The van der Waals surface area contributed by atoms with Crippen molar-refractivity contribution in [3.63, 3.8) is 0 Å². The Morgan fingerprint density at radius 3 is 2.52 bits per heavy atom. The molecule has 168 valence electrons. The normalized spacial score (nSPS) is 12.8. The van der Waals surface area contributed by atoms with E-state index < -0.39 is 6.04 Å². The lowest BCUT2D eigenvalue weighted by Gasteiger charge is -2.17. The molecule has 0 saturated heterocycles. The van der Waals surface area contributed by atoms with Crippen molar-refractivity contribution in [1.82, 2.24) is 15.3 Å². The Morgan fingerprint density at radius 2 is 1.76 bits per heavy atom. The molecule has 0 bridgehead atoms. The molecule has 4 rings (SSSR count). The van der Waals surface area contributed by atoms with Gasteiger partial charge in [-0.1, -0.05) is 30.3 Å². The van der Waals surface area contributed by atoms with Crippen molar-refractivity contribution in [2.24, 2.45) is 5.73 Å². The van der Waals surface area contributed by atoms with Crippen molar-refractivity contribution in [3.05, 3.63) is 95.9 Å². The number of aromatic amines is 1. The zero-order valence-corrected chi connectivity index (χ0v) is 18.4. The fraction of sp³-hybridized carbons (Fsp3) is 0.192. The molecular formula is C26H27N5O2. The van der Waals surface area contributed by atoms with Crippen LogP contribution in [0.25, 0.3) is 10.9 Å². The van der Waals surface area contributed by atoms with E-state index in [1.165, 1.54) is 10.9 Å². The predicted octanol–water partition coefficient (Wildman–Crippen LogP) is 3.95. The molecule has 7 nitrogen and oxygen atoms in total. The molecule has 7 heteroatoms. The number of pyridine rings is 1. The quantitative estimate of drug-likeness (QED) is 0.332. The smallest absolute Gasteiger partial charge is 0.255 e. The summed E-state index contributed by atoms with van der Waals surface area (Å²) in [6.45, 7) is 1.99. The zero-order chi connectivity index (χ0) is 23.2. The lowest BCUT2D eigenvalue weighted by molar-refractivity contribution is -0.122. The Kier molecular flexibility index (Phi) is 6.80. The number of anilines is 1. The van der Waals surface area contributed by atoms with Crippen LogP contribution in [0.5, 0.6) is 0 Å². The average molecular weight is 442 g/mol. The van der Waals surface area contributed by atoms with Gasteiger partial charge in [-0.2, -0.15) is 0 Å². The lowest BCUT2D eigenvalue weighted by atomic mass is 10.0. The Balaban J connectivity index is 1.29. The summed E-state index contributed by atoms with van der Waals surface area (Å²) in [5.74, 6) is -0.320. The van der Waals surface area contributed by atoms with Gasteiger partial charge in [0.2, 0.25) is 5.91 Å². The van der Waals surface area contributed by atoms with Crippen molar-refractivity contribution in [1.29, 1.82) is 0 Å². The average Bonchev–Trinajstić information content (AvgIpc) is 3.22. The van der Waals surface area contributed by atoms with Gasteiger partial charge in [-0.25, -0.2) is 0 Å². The number of fused-ring (bicyclic) bond motifs is 1. The first-order valence-electron chi connectivity index (χ1n) is 10.9. The van der Waals surface area contributed by atoms with Gasteiger partial charge in [0, 0.05) is 59.2 Å². The van der Waals surface area contributed by atoms with E-state index in [-0.39, 0.29) is 24.3 Å². The van der Waals surface area contributed by atoms with E-state index in [2.05, 4.69) is 26.7 Å². The summed E-state index contributed by atoms with van der Waals surface area (Å²) in [5, 5.41) is 7.02. The first-order chi connectivity index (χ1) is 16.0. The third-order valence-corrected chi connectivity index (χ3v) is 5.55. The monoisotopic (exact) mass is 441 g/mol. The third kappa shape index (κ3) is 5.64. The maximum Gasteiger partial charge on any atom is 0.255 e. The molecule has 0 radical (unpaired) electrons.